The van der Waals surface area contributed by atoms with Crippen LogP contribution in [0.1, 0.15) is 66.5 Å². The molecular weight excluding hydrogens is 648 g/mol. The molecule has 1 fully saturated rings. The summed E-state index contributed by atoms with van der Waals surface area (Å²) < 4.78 is 7.23. The number of halogens is 4. The molecule has 1 saturated heterocycles. The van der Waals surface area contributed by atoms with E-state index >= 15 is 0 Å². The zero-order valence-electron chi connectivity index (χ0n) is 17.9. The molecule has 164 valence electrons. The fourth-order valence-corrected chi connectivity index (χ4v) is 2.27. The third-order valence-electron chi connectivity index (χ3n) is 2.78. The van der Waals surface area contributed by atoms with Crippen molar-refractivity contribution < 1.29 is 21.7 Å². The molecule has 0 saturated carbocycles. The first-order valence-electron chi connectivity index (χ1n) is 8.89. The number of rotatable bonds is 2. The summed E-state index contributed by atoms with van der Waals surface area (Å²) in [5.74, 6) is 0. The van der Waals surface area contributed by atoms with Crippen LogP contribution in [0.3, 0.4) is 0 Å². The third kappa shape index (κ3) is 17.2. The second-order valence-corrected chi connectivity index (χ2v) is 8.49. The molecule has 0 aliphatic carbocycles. The molecule has 0 unspecified atom stereocenters. The van der Waals surface area contributed by atoms with E-state index in [9.17, 15) is 0 Å². The topological polar surface area (TPSA) is 70.7 Å². The summed E-state index contributed by atoms with van der Waals surface area (Å²) in [7, 11) is 0. The van der Waals surface area contributed by atoms with E-state index in [1.165, 1.54) is 12.8 Å². The maximum Gasteiger partial charge on any atom is 2.00 e. The van der Waals surface area contributed by atoms with E-state index in [4.69, 9.17) is 4.74 Å². The Kier molecular flexibility index (Phi) is 24.8. The zero-order chi connectivity index (χ0) is 20.8. The molecule has 1 aliphatic heterocycles. The Bertz CT molecular complexity index is 594. The Morgan fingerprint density at radius 3 is 1.48 bits per heavy atom. The summed E-state index contributed by atoms with van der Waals surface area (Å²) in [6, 6.07) is 0.652. The van der Waals surface area contributed by atoms with Gasteiger partial charge in [0.25, 0.3) is 0 Å². The smallest absolute Gasteiger partial charge is 1.00 e. The van der Waals surface area contributed by atoms with Crippen LogP contribution >= 0.6 is 47.8 Å². The van der Waals surface area contributed by atoms with Gasteiger partial charge in [-0.2, -0.15) is 28.5 Å². The van der Waals surface area contributed by atoms with E-state index in [0.29, 0.717) is 12.1 Å². The van der Waals surface area contributed by atoms with E-state index < -0.39 is 0 Å². The van der Waals surface area contributed by atoms with E-state index in [2.05, 4.69) is 68.2 Å². The largest absolute Gasteiger partial charge is 2.00 e. The van der Waals surface area contributed by atoms with Crippen LogP contribution in [0.4, 0.5) is 0 Å². The predicted molar refractivity (Wildman–Crippen MR) is 125 cm³/mol. The first kappa shape index (κ1) is 34.5. The van der Waals surface area contributed by atoms with Crippen molar-refractivity contribution in [2.24, 2.45) is 0 Å². The second kappa shape index (κ2) is 20.8. The van der Waals surface area contributed by atoms with Gasteiger partial charge in [-0.1, -0.05) is 0 Å². The van der Waals surface area contributed by atoms with Crippen LogP contribution in [-0.2, 0) is 4.74 Å². The number of hydrogen-bond donors (Lipinski definition) is 0. The normalized spacial score (nSPS) is 11.8. The molecule has 29 heavy (non-hydrogen) atoms. The first-order valence-corrected chi connectivity index (χ1v) is 11.3. The van der Waals surface area contributed by atoms with Gasteiger partial charge in [0.15, 0.2) is 9.21 Å². The minimum atomic E-state index is 0. The molecule has 3 heterocycles. The monoisotopic (exact) mass is 674 g/mol. The van der Waals surface area contributed by atoms with E-state index in [1.807, 2.05) is 48.0 Å². The van der Waals surface area contributed by atoms with Crippen LogP contribution in [0.2, 0.25) is 0 Å². The molecule has 0 atom stereocenters. The first-order chi connectivity index (χ1) is 12.7. The molecule has 2 aromatic heterocycles. The number of ether oxygens (including phenoxy) is 1. The average molecular weight is 678 g/mol. The van der Waals surface area contributed by atoms with Crippen LogP contribution < -0.4 is 17.0 Å². The van der Waals surface area contributed by atoms with E-state index in [0.717, 1.165) is 27.0 Å². The van der Waals surface area contributed by atoms with Crippen molar-refractivity contribution in [2.75, 3.05) is 13.2 Å². The Morgan fingerprint density at radius 1 is 0.897 bits per heavy atom. The molecule has 0 spiro atoms. The molecule has 0 aromatic carbocycles. The minimum absolute atomic E-state index is 0. The van der Waals surface area contributed by atoms with Crippen LogP contribution in [0, 0.1) is 6.42 Å². The molecule has 7 nitrogen and oxygen atoms in total. The summed E-state index contributed by atoms with van der Waals surface area (Å²) in [6.45, 7) is 14.1. The van der Waals surface area contributed by atoms with Gasteiger partial charge in [0.05, 0.1) is 18.3 Å². The van der Waals surface area contributed by atoms with Gasteiger partial charge in [-0.25, -0.2) is 0 Å². The van der Waals surface area contributed by atoms with Crippen molar-refractivity contribution in [3.05, 3.63) is 26.4 Å². The zero-order valence-corrected chi connectivity index (χ0v) is 25.7. The fourth-order valence-electron chi connectivity index (χ4n) is 1.53. The number of aromatic nitrogens is 6. The maximum absolute atomic E-state index is 4.94. The van der Waals surface area contributed by atoms with Crippen molar-refractivity contribution in [2.45, 2.75) is 66.5 Å². The van der Waals surface area contributed by atoms with E-state index in [1.54, 1.807) is 15.8 Å². The summed E-state index contributed by atoms with van der Waals surface area (Å²) in [5, 5.41) is 16.2. The number of nitrogens with zero attached hydrogens (tertiary/aromatic N) is 6. The van der Waals surface area contributed by atoms with Crippen molar-refractivity contribution in [3.63, 3.8) is 0 Å². The van der Waals surface area contributed by atoms with Crippen LogP contribution in [-0.4, -0.2) is 66.3 Å². The molecule has 0 N–H and O–H groups in total. The third-order valence-corrected chi connectivity index (χ3v) is 4.75. The summed E-state index contributed by atoms with van der Waals surface area (Å²) in [5.41, 5.74) is 0. The van der Waals surface area contributed by atoms with Crippen LogP contribution in [0.15, 0.2) is 20.0 Å². The Hall–Kier alpha value is 0.926. The van der Waals surface area contributed by atoms with Gasteiger partial charge in [0, 0.05) is 13.2 Å². The fraction of sp³-hybridized carbons (Fsp3) is 0.706. The summed E-state index contributed by atoms with van der Waals surface area (Å²) >= 11 is 9.69. The average Bonchev–Trinajstić information content (AvgIpc) is 3.33. The van der Waals surface area contributed by atoms with Crippen molar-refractivity contribution in [1.29, 1.82) is 0 Å². The van der Waals surface area contributed by atoms with Gasteiger partial charge in [-0.05, 0) is 88.3 Å². The minimum Gasteiger partial charge on any atom is -1.00 e. The van der Waals surface area contributed by atoms with Crippen molar-refractivity contribution in [3.8, 4) is 0 Å². The van der Waals surface area contributed by atoms with Gasteiger partial charge in [0.2, 0.25) is 0 Å². The van der Waals surface area contributed by atoms with Crippen LogP contribution in [0.25, 0.3) is 0 Å². The summed E-state index contributed by atoms with van der Waals surface area (Å²) in [4.78, 5) is 3.30. The molecule has 0 bridgehead atoms. The van der Waals surface area contributed by atoms with Gasteiger partial charge < -0.3 is 28.1 Å². The van der Waals surface area contributed by atoms with Crippen molar-refractivity contribution >= 4 is 70.8 Å². The molecule has 2 aromatic rings. The molecule has 0 radical (unpaired) electrons. The van der Waals surface area contributed by atoms with Gasteiger partial charge in [-0.15, -0.1) is 15.3 Å². The predicted octanol–water partition coefficient (Wildman–Crippen LogP) is 2.66. The van der Waals surface area contributed by atoms with Gasteiger partial charge in [-0.3, -0.25) is 0 Å². The molecule has 0 amide bonds. The number of hydrogen-bond acceptors (Lipinski definition) is 5. The standard InChI is InChI=1S/C5H7Br2N3.C5H8BrN3.C4H8O.C3H7.BrH.Mg/c1-3(2)10-8-4(6)5(7)9-10;1-4(2)9-7-3-5(6)8-9;1-2-4-5-3-1;1-3-2;;/h3H,1-2H3;3-4H,1-2H3;1-4H2;3H,1-2H3;1H;/q;;;-1;;+2/p-1. The molecule has 3 rings (SSSR count). The summed E-state index contributed by atoms with van der Waals surface area (Å²) in [6.07, 6.45) is 6.24. The van der Waals surface area contributed by atoms with E-state index in [-0.39, 0.29) is 40.0 Å². The van der Waals surface area contributed by atoms with Crippen LogP contribution in [0.5, 0.6) is 0 Å². The Morgan fingerprint density at radius 2 is 1.31 bits per heavy atom. The second-order valence-electron chi connectivity index (χ2n) is 6.17. The molecule has 12 heteroatoms. The van der Waals surface area contributed by atoms with Gasteiger partial charge >= 0.3 is 23.1 Å². The quantitative estimate of drug-likeness (QED) is 0.361. The SMILES string of the molecule is C1CCOC1.CC(C)n1nc(Br)c(Br)n1.CC(C)n1ncc(Br)n1.C[CH-]C.[Br-].[Mg+2]. The Labute approximate surface area is 226 Å². The Balaban J connectivity index is -0.000000328. The van der Waals surface area contributed by atoms with Gasteiger partial charge in [0.1, 0.15) is 4.60 Å². The molecule has 1 aliphatic rings. The molecular formula is C17H30Br4MgN6O. The maximum atomic E-state index is 4.94. The van der Waals surface area contributed by atoms with Crippen molar-refractivity contribution in [1.82, 2.24) is 30.0 Å².